The number of rotatable bonds is 6. The summed E-state index contributed by atoms with van der Waals surface area (Å²) >= 11 is 5.87. The van der Waals surface area contributed by atoms with Gasteiger partial charge in [0, 0.05) is 23.6 Å². The maximum absolute atomic E-state index is 11.8. The number of hydrogen-bond donors (Lipinski definition) is 0. The number of esters is 1. The van der Waals surface area contributed by atoms with Crippen LogP contribution in [-0.4, -0.2) is 30.3 Å². The van der Waals surface area contributed by atoms with Crippen molar-refractivity contribution in [2.75, 3.05) is 13.2 Å². The van der Waals surface area contributed by atoms with Crippen LogP contribution in [0.15, 0.2) is 34.9 Å². The molecule has 0 bridgehead atoms. The highest BCUT2D eigenvalue weighted by atomic mass is 35.5. The van der Waals surface area contributed by atoms with E-state index >= 15 is 0 Å². The molecule has 1 atom stereocenters. The van der Waals surface area contributed by atoms with Crippen molar-refractivity contribution in [3.63, 3.8) is 0 Å². The second-order valence-electron chi connectivity index (χ2n) is 5.80. The molecule has 0 aliphatic carbocycles. The summed E-state index contributed by atoms with van der Waals surface area (Å²) in [4.78, 5) is 16.0. The predicted octanol–water partition coefficient (Wildman–Crippen LogP) is 4.04. The molecule has 5 nitrogen and oxygen atoms in total. The van der Waals surface area contributed by atoms with E-state index in [1.165, 1.54) is 0 Å². The van der Waals surface area contributed by atoms with E-state index in [1.807, 2.05) is 12.1 Å². The molecule has 1 aromatic carbocycles. The molecular formula is C18H20ClNO4. The molecular weight excluding hydrogens is 330 g/mol. The van der Waals surface area contributed by atoms with Gasteiger partial charge in [0.1, 0.15) is 6.61 Å². The number of nitrogens with zero attached hydrogens (tertiary/aromatic N) is 1. The largest absolute Gasteiger partial charge is 0.463 e. The Balaban J connectivity index is 1.44. The molecule has 1 fully saturated rings. The zero-order valence-electron chi connectivity index (χ0n) is 13.4. The zero-order chi connectivity index (χ0) is 16.8. The van der Waals surface area contributed by atoms with Gasteiger partial charge in [-0.15, -0.1) is 0 Å². The molecule has 1 saturated heterocycles. The molecule has 2 heterocycles. The molecule has 24 heavy (non-hydrogen) atoms. The summed E-state index contributed by atoms with van der Waals surface area (Å²) in [6, 6.07) is 7.32. The van der Waals surface area contributed by atoms with Crippen LogP contribution in [0.4, 0.5) is 0 Å². The Morgan fingerprint density at radius 2 is 2.12 bits per heavy atom. The number of halogens is 1. The first-order chi connectivity index (χ1) is 11.7. The highest BCUT2D eigenvalue weighted by molar-refractivity contribution is 6.30. The van der Waals surface area contributed by atoms with E-state index in [0.29, 0.717) is 29.7 Å². The van der Waals surface area contributed by atoms with Crippen molar-refractivity contribution in [1.29, 1.82) is 0 Å². The monoisotopic (exact) mass is 349 g/mol. The van der Waals surface area contributed by atoms with Gasteiger partial charge in [0.05, 0.1) is 18.7 Å². The third-order valence-electron chi connectivity index (χ3n) is 3.93. The van der Waals surface area contributed by atoms with E-state index in [4.69, 9.17) is 25.5 Å². The molecule has 1 aromatic heterocycles. The fraction of sp³-hybridized carbons (Fsp3) is 0.444. The van der Waals surface area contributed by atoms with Crippen LogP contribution in [0.2, 0.25) is 5.02 Å². The molecule has 6 heteroatoms. The van der Waals surface area contributed by atoms with Gasteiger partial charge in [-0.1, -0.05) is 11.6 Å². The molecule has 0 saturated carbocycles. The quantitative estimate of drug-likeness (QED) is 0.736. The van der Waals surface area contributed by atoms with E-state index in [-0.39, 0.29) is 18.5 Å². The number of carbonyl (C=O) groups excluding carboxylic acids is 1. The zero-order valence-corrected chi connectivity index (χ0v) is 14.1. The lowest BCUT2D eigenvalue weighted by molar-refractivity contribution is -0.149. The molecule has 0 radical (unpaired) electrons. The fourth-order valence-corrected chi connectivity index (χ4v) is 2.71. The van der Waals surface area contributed by atoms with Gasteiger partial charge in [0.25, 0.3) is 0 Å². The highest BCUT2D eigenvalue weighted by Crippen LogP contribution is 2.22. The van der Waals surface area contributed by atoms with Crippen LogP contribution < -0.4 is 0 Å². The average Bonchev–Trinajstić information content (AvgIpc) is 3.09. The van der Waals surface area contributed by atoms with Gasteiger partial charge in [0.15, 0.2) is 11.7 Å². The molecule has 0 spiro atoms. The molecule has 0 amide bonds. The summed E-state index contributed by atoms with van der Waals surface area (Å²) in [5, 5.41) is 0.670. The minimum atomic E-state index is -0.254. The van der Waals surface area contributed by atoms with Crippen molar-refractivity contribution in [1.82, 2.24) is 4.98 Å². The van der Waals surface area contributed by atoms with Crippen molar-refractivity contribution in [3.8, 4) is 11.3 Å². The van der Waals surface area contributed by atoms with Crippen molar-refractivity contribution < 1.29 is 18.7 Å². The lowest BCUT2D eigenvalue weighted by Gasteiger charge is -2.21. The Hall–Kier alpha value is -1.85. The number of aryl methyl sites for hydroxylation is 1. The van der Waals surface area contributed by atoms with Crippen molar-refractivity contribution in [2.24, 2.45) is 0 Å². The highest BCUT2D eigenvalue weighted by Gasteiger charge is 2.16. The average molecular weight is 350 g/mol. The summed E-state index contributed by atoms with van der Waals surface area (Å²) in [5.41, 5.74) is 0.898. The molecule has 1 aliphatic heterocycles. The minimum Gasteiger partial charge on any atom is -0.463 e. The Morgan fingerprint density at radius 3 is 2.88 bits per heavy atom. The first-order valence-corrected chi connectivity index (χ1v) is 8.56. The lowest BCUT2D eigenvalue weighted by atomic mass is 10.1. The van der Waals surface area contributed by atoms with Crippen LogP contribution >= 0.6 is 11.6 Å². The fourth-order valence-electron chi connectivity index (χ4n) is 2.58. The van der Waals surface area contributed by atoms with Crippen molar-refractivity contribution in [2.45, 2.75) is 38.2 Å². The van der Waals surface area contributed by atoms with Crippen molar-refractivity contribution >= 4 is 17.6 Å². The number of aromatic nitrogens is 1. The third kappa shape index (κ3) is 4.82. The second kappa shape index (κ2) is 8.31. The smallest absolute Gasteiger partial charge is 0.306 e. The molecule has 0 N–H and O–H groups in total. The Labute approximate surface area is 145 Å². The van der Waals surface area contributed by atoms with Crippen LogP contribution in [0.25, 0.3) is 11.3 Å². The van der Waals surface area contributed by atoms with Crippen LogP contribution in [0, 0.1) is 0 Å². The maximum atomic E-state index is 11.8. The van der Waals surface area contributed by atoms with E-state index in [1.54, 1.807) is 18.3 Å². The summed E-state index contributed by atoms with van der Waals surface area (Å²) in [7, 11) is 0. The van der Waals surface area contributed by atoms with Gasteiger partial charge >= 0.3 is 5.97 Å². The van der Waals surface area contributed by atoms with Crippen LogP contribution in [0.3, 0.4) is 0 Å². The maximum Gasteiger partial charge on any atom is 0.306 e. The molecule has 2 aromatic rings. The Kier molecular flexibility index (Phi) is 5.88. The van der Waals surface area contributed by atoms with Gasteiger partial charge in [0.2, 0.25) is 0 Å². The van der Waals surface area contributed by atoms with Gasteiger partial charge < -0.3 is 13.9 Å². The van der Waals surface area contributed by atoms with Gasteiger partial charge in [-0.25, -0.2) is 4.98 Å². The number of carbonyl (C=O) groups is 1. The third-order valence-corrected chi connectivity index (χ3v) is 4.18. The topological polar surface area (TPSA) is 61.6 Å². The Bertz CT molecular complexity index is 662. The van der Waals surface area contributed by atoms with E-state index in [9.17, 15) is 4.79 Å². The van der Waals surface area contributed by atoms with Gasteiger partial charge in [-0.2, -0.15) is 0 Å². The Morgan fingerprint density at radius 1 is 1.29 bits per heavy atom. The lowest BCUT2D eigenvalue weighted by Crippen LogP contribution is -2.26. The molecule has 1 aliphatic rings. The van der Waals surface area contributed by atoms with Crippen LogP contribution in [0.5, 0.6) is 0 Å². The SMILES string of the molecule is O=C(CCc1ncc(-c2ccc(Cl)cc2)o1)OCC1CCCCO1. The standard InChI is InChI=1S/C18H20ClNO4/c19-14-6-4-13(5-7-14)16-11-20-17(24-16)8-9-18(21)23-12-15-3-1-2-10-22-15/h4-7,11,15H,1-3,8-10,12H2. The molecule has 1 unspecified atom stereocenters. The minimum absolute atomic E-state index is 0.0425. The number of oxazole rings is 1. The van der Waals surface area contributed by atoms with E-state index in [2.05, 4.69) is 4.98 Å². The summed E-state index contributed by atoms with van der Waals surface area (Å²) in [6.45, 7) is 1.09. The predicted molar refractivity (Wildman–Crippen MR) is 89.8 cm³/mol. The van der Waals surface area contributed by atoms with Gasteiger partial charge in [-0.05, 0) is 43.5 Å². The summed E-state index contributed by atoms with van der Waals surface area (Å²) < 4.78 is 16.5. The van der Waals surface area contributed by atoms with Crippen LogP contribution in [-0.2, 0) is 20.7 Å². The van der Waals surface area contributed by atoms with E-state index < -0.39 is 0 Å². The van der Waals surface area contributed by atoms with E-state index in [0.717, 1.165) is 31.4 Å². The van der Waals surface area contributed by atoms with Crippen molar-refractivity contribution in [3.05, 3.63) is 41.4 Å². The summed E-state index contributed by atoms with van der Waals surface area (Å²) in [6.07, 6.45) is 5.53. The first kappa shape index (κ1) is 17.0. The second-order valence-corrected chi connectivity index (χ2v) is 6.23. The number of benzene rings is 1. The summed E-state index contributed by atoms with van der Waals surface area (Å²) in [5.74, 6) is 0.923. The molecule has 128 valence electrons. The number of hydrogen-bond acceptors (Lipinski definition) is 5. The van der Waals surface area contributed by atoms with Crippen LogP contribution in [0.1, 0.15) is 31.6 Å². The van der Waals surface area contributed by atoms with Gasteiger partial charge in [-0.3, -0.25) is 4.79 Å². The normalized spacial score (nSPS) is 17.6. The first-order valence-electron chi connectivity index (χ1n) is 8.18. The number of ether oxygens (including phenoxy) is 2. The molecule has 3 rings (SSSR count).